The fraction of sp³-hybridized carbons (Fsp3) is 0.500. The number of hydrogen-bond acceptors (Lipinski definition) is 2. The van der Waals surface area contributed by atoms with Crippen molar-refractivity contribution in [2.24, 2.45) is 0 Å². The van der Waals surface area contributed by atoms with Crippen molar-refractivity contribution in [3.05, 3.63) is 34.6 Å². The predicted octanol–water partition coefficient (Wildman–Crippen LogP) is 4.12. The Kier molecular flexibility index (Phi) is 7.18. The molecule has 5 heteroatoms. The summed E-state index contributed by atoms with van der Waals surface area (Å²) in [6.07, 6.45) is 1.66. The summed E-state index contributed by atoms with van der Waals surface area (Å²) in [4.78, 5) is 14.0. The van der Waals surface area contributed by atoms with E-state index in [-0.39, 0.29) is 22.9 Å². The number of halogens is 2. The summed E-state index contributed by atoms with van der Waals surface area (Å²) in [6.45, 7) is 5.28. The number of amides is 1. The molecule has 0 aliphatic carbocycles. The topological polar surface area (TPSA) is 44.1 Å². The summed E-state index contributed by atoms with van der Waals surface area (Å²) >= 11 is 5.97. The van der Waals surface area contributed by atoms with Gasteiger partial charge in [-0.2, -0.15) is 5.26 Å². The maximum atomic E-state index is 13.9. The zero-order valence-corrected chi connectivity index (χ0v) is 13.2. The Morgan fingerprint density at radius 1 is 1.38 bits per heavy atom. The Bertz CT molecular complexity index is 501. The number of nitriles is 1. The van der Waals surface area contributed by atoms with Crippen molar-refractivity contribution in [2.75, 3.05) is 13.1 Å². The predicted molar refractivity (Wildman–Crippen MR) is 81.5 cm³/mol. The summed E-state index contributed by atoms with van der Waals surface area (Å²) in [5.41, 5.74) is 0.114. The van der Waals surface area contributed by atoms with E-state index in [2.05, 4.69) is 0 Å². The third-order valence-electron chi connectivity index (χ3n) is 3.22. The molecule has 3 nitrogen and oxygen atoms in total. The molecule has 0 radical (unpaired) electrons. The normalized spacial score (nSPS) is 11.8. The van der Waals surface area contributed by atoms with Gasteiger partial charge in [-0.1, -0.05) is 31.5 Å². The Balaban J connectivity index is 2.92. The van der Waals surface area contributed by atoms with Crippen LogP contribution in [-0.2, 0) is 4.79 Å². The number of nitrogens with zero attached hydrogens (tertiary/aromatic N) is 2. The van der Waals surface area contributed by atoms with Gasteiger partial charge in [0, 0.05) is 30.1 Å². The summed E-state index contributed by atoms with van der Waals surface area (Å²) in [5.74, 6) is -1.54. The van der Waals surface area contributed by atoms with Crippen molar-refractivity contribution in [3.8, 4) is 6.07 Å². The Morgan fingerprint density at radius 2 is 2.00 bits per heavy atom. The van der Waals surface area contributed by atoms with E-state index >= 15 is 0 Å². The fourth-order valence-corrected chi connectivity index (χ4v) is 2.56. The molecule has 1 rings (SSSR count). The van der Waals surface area contributed by atoms with Gasteiger partial charge < -0.3 is 4.90 Å². The SMILES string of the molecule is CCCN(CCC)C(=O)CC(C#N)c1c(F)cccc1Cl. The van der Waals surface area contributed by atoms with Crippen LogP contribution in [0.1, 0.15) is 44.6 Å². The van der Waals surface area contributed by atoms with Crippen LogP contribution in [0.3, 0.4) is 0 Å². The van der Waals surface area contributed by atoms with E-state index < -0.39 is 11.7 Å². The van der Waals surface area contributed by atoms with E-state index in [9.17, 15) is 14.4 Å². The molecule has 0 heterocycles. The van der Waals surface area contributed by atoms with Gasteiger partial charge in [-0.05, 0) is 25.0 Å². The lowest BCUT2D eigenvalue weighted by Gasteiger charge is -2.23. The van der Waals surface area contributed by atoms with Gasteiger partial charge in [0.05, 0.1) is 12.0 Å². The van der Waals surface area contributed by atoms with Crippen LogP contribution >= 0.6 is 11.6 Å². The molecule has 1 unspecified atom stereocenters. The molecule has 1 atom stereocenters. The highest BCUT2D eigenvalue weighted by molar-refractivity contribution is 6.31. The van der Waals surface area contributed by atoms with Crippen molar-refractivity contribution < 1.29 is 9.18 Å². The number of carbonyl (C=O) groups excluding carboxylic acids is 1. The van der Waals surface area contributed by atoms with Gasteiger partial charge in [0.1, 0.15) is 5.82 Å². The number of rotatable bonds is 7. The highest BCUT2D eigenvalue weighted by atomic mass is 35.5. The first-order valence-electron chi connectivity index (χ1n) is 7.16. The van der Waals surface area contributed by atoms with Crippen LogP contribution < -0.4 is 0 Å². The van der Waals surface area contributed by atoms with Crippen LogP contribution in [0.2, 0.25) is 5.02 Å². The monoisotopic (exact) mass is 310 g/mol. The van der Waals surface area contributed by atoms with Crippen LogP contribution in [0.5, 0.6) is 0 Å². The highest BCUT2D eigenvalue weighted by Gasteiger charge is 2.24. The second-order valence-corrected chi connectivity index (χ2v) is 5.31. The number of benzene rings is 1. The lowest BCUT2D eigenvalue weighted by Crippen LogP contribution is -2.33. The third kappa shape index (κ3) is 4.71. The van der Waals surface area contributed by atoms with Gasteiger partial charge >= 0.3 is 0 Å². The maximum Gasteiger partial charge on any atom is 0.224 e. The van der Waals surface area contributed by atoms with Crippen LogP contribution in [-0.4, -0.2) is 23.9 Å². The molecular weight excluding hydrogens is 291 g/mol. The molecular formula is C16H20ClFN2O. The Hall–Kier alpha value is -1.60. The minimum Gasteiger partial charge on any atom is -0.343 e. The summed E-state index contributed by atoms with van der Waals surface area (Å²) in [7, 11) is 0. The zero-order chi connectivity index (χ0) is 15.8. The van der Waals surface area contributed by atoms with Gasteiger partial charge in [-0.3, -0.25) is 4.79 Å². The third-order valence-corrected chi connectivity index (χ3v) is 3.55. The number of carbonyl (C=O) groups is 1. The molecule has 0 aliphatic heterocycles. The molecule has 0 bridgehead atoms. The van der Waals surface area contributed by atoms with E-state index in [0.717, 1.165) is 12.8 Å². The molecule has 114 valence electrons. The molecule has 0 saturated carbocycles. The molecule has 0 aromatic heterocycles. The van der Waals surface area contributed by atoms with E-state index in [1.165, 1.54) is 18.2 Å². The second-order valence-electron chi connectivity index (χ2n) is 4.90. The van der Waals surface area contributed by atoms with Crippen molar-refractivity contribution >= 4 is 17.5 Å². The van der Waals surface area contributed by atoms with Gasteiger partial charge in [0.2, 0.25) is 5.91 Å². The van der Waals surface area contributed by atoms with Gasteiger partial charge in [-0.15, -0.1) is 0 Å². The average molecular weight is 311 g/mol. The van der Waals surface area contributed by atoms with E-state index in [4.69, 9.17) is 11.6 Å². The van der Waals surface area contributed by atoms with Gasteiger partial charge in [-0.25, -0.2) is 4.39 Å². The van der Waals surface area contributed by atoms with Crippen molar-refractivity contribution in [1.82, 2.24) is 4.90 Å². The second kappa shape index (κ2) is 8.63. The summed E-state index contributed by atoms with van der Waals surface area (Å²) < 4.78 is 13.9. The van der Waals surface area contributed by atoms with Crippen LogP contribution in [0.15, 0.2) is 18.2 Å². The first-order valence-corrected chi connectivity index (χ1v) is 7.54. The molecule has 0 aliphatic rings. The van der Waals surface area contributed by atoms with Crippen molar-refractivity contribution in [1.29, 1.82) is 5.26 Å². The minimum absolute atomic E-state index is 0.0445. The fourth-order valence-electron chi connectivity index (χ4n) is 2.26. The van der Waals surface area contributed by atoms with Crippen LogP contribution in [0.4, 0.5) is 4.39 Å². The van der Waals surface area contributed by atoms with E-state index in [1.807, 2.05) is 19.9 Å². The molecule has 1 aromatic carbocycles. The molecule has 21 heavy (non-hydrogen) atoms. The first-order chi connectivity index (χ1) is 10.0. The van der Waals surface area contributed by atoms with Crippen molar-refractivity contribution in [2.45, 2.75) is 39.0 Å². The molecule has 0 spiro atoms. The maximum absolute atomic E-state index is 13.9. The van der Waals surface area contributed by atoms with E-state index in [1.54, 1.807) is 4.90 Å². The zero-order valence-electron chi connectivity index (χ0n) is 12.4. The highest BCUT2D eigenvalue weighted by Crippen LogP contribution is 2.29. The lowest BCUT2D eigenvalue weighted by atomic mass is 9.95. The van der Waals surface area contributed by atoms with Crippen molar-refractivity contribution in [3.63, 3.8) is 0 Å². The summed E-state index contributed by atoms with van der Waals surface area (Å²) in [5, 5.41) is 9.46. The molecule has 0 fully saturated rings. The molecule has 1 aromatic rings. The Morgan fingerprint density at radius 3 is 2.48 bits per heavy atom. The smallest absolute Gasteiger partial charge is 0.224 e. The van der Waals surface area contributed by atoms with E-state index in [0.29, 0.717) is 13.1 Å². The van der Waals surface area contributed by atoms with Crippen LogP contribution in [0.25, 0.3) is 0 Å². The standard InChI is InChI=1S/C16H20ClFN2O/c1-3-8-20(9-4-2)15(21)10-12(11-19)16-13(17)6-5-7-14(16)18/h5-7,12H,3-4,8-10H2,1-2H3. The molecule has 0 N–H and O–H groups in total. The van der Waals surface area contributed by atoms with Crippen LogP contribution in [0, 0.1) is 17.1 Å². The Labute approximate surface area is 130 Å². The summed E-state index contributed by atoms with van der Waals surface area (Å²) in [6, 6.07) is 6.27. The molecule has 0 saturated heterocycles. The lowest BCUT2D eigenvalue weighted by molar-refractivity contribution is -0.131. The first kappa shape index (κ1) is 17.5. The largest absolute Gasteiger partial charge is 0.343 e. The minimum atomic E-state index is -0.859. The number of hydrogen-bond donors (Lipinski definition) is 0. The van der Waals surface area contributed by atoms with Gasteiger partial charge in [0.15, 0.2) is 0 Å². The average Bonchev–Trinajstić information content (AvgIpc) is 2.45. The quantitative estimate of drug-likeness (QED) is 0.760. The van der Waals surface area contributed by atoms with Gasteiger partial charge in [0.25, 0.3) is 0 Å². The molecule has 1 amide bonds.